The first-order valence-corrected chi connectivity index (χ1v) is 12.3. The van der Waals surface area contributed by atoms with Crippen LogP contribution >= 0.6 is 15.8 Å². The van der Waals surface area contributed by atoms with E-state index in [-0.39, 0.29) is 15.8 Å². The Morgan fingerprint density at radius 2 is 0.958 bits per heavy atom. The molecule has 0 fully saturated rings. The first-order chi connectivity index (χ1) is 11.7. The maximum absolute atomic E-state index is 2.42. The number of rotatable bonds is 6. The molecule has 24 heavy (non-hydrogen) atoms. The Balaban J connectivity index is 1.68. The zero-order chi connectivity index (χ0) is 16.8. The molecule has 0 heterocycles. The highest BCUT2D eigenvalue weighted by atomic mass is 31.1. The van der Waals surface area contributed by atoms with Gasteiger partial charge in [0.2, 0.25) is 0 Å². The maximum atomic E-state index is 2.42. The molecule has 0 aliphatic carbocycles. The molecule has 122 valence electrons. The summed E-state index contributed by atoms with van der Waals surface area (Å²) >= 11 is 0. The Bertz CT molecular complexity index is 690. The highest BCUT2D eigenvalue weighted by Crippen LogP contribution is 2.37. The SMILES string of the molecule is CP(Cc1cccc(CP(C)c2ccccc2)c1)c1ccccc1. The van der Waals surface area contributed by atoms with Gasteiger partial charge in [0.1, 0.15) is 0 Å². The second-order valence-corrected chi connectivity index (χ2v) is 10.7. The second kappa shape index (κ2) is 8.57. The fourth-order valence-electron chi connectivity index (χ4n) is 2.92. The van der Waals surface area contributed by atoms with Gasteiger partial charge in [-0.2, -0.15) is 0 Å². The van der Waals surface area contributed by atoms with Crippen molar-refractivity contribution in [2.24, 2.45) is 0 Å². The molecule has 0 nitrogen and oxygen atoms in total. The molecule has 3 aromatic rings. The predicted molar refractivity (Wildman–Crippen MR) is 112 cm³/mol. The first-order valence-electron chi connectivity index (χ1n) is 8.32. The van der Waals surface area contributed by atoms with E-state index < -0.39 is 0 Å². The topological polar surface area (TPSA) is 0 Å². The van der Waals surface area contributed by atoms with Crippen LogP contribution in [0.1, 0.15) is 11.1 Å². The quantitative estimate of drug-likeness (QED) is 0.511. The third-order valence-corrected chi connectivity index (χ3v) is 8.26. The molecule has 2 unspecified atom stereocenters. The van der Waals surface area contributed by atoms with Gasteiger partial charge >= 0.3 is 0 Å². The molecular formula is C22H24P2. The van der Waals surface area contributed by atoms with Crippen molar-refractivity contribution in [2.75, 3.05) is 13.3 Å². The normalized spacial score (nSPS) is 13.4. The number of hydrogen-bond donors (Lipinski definition) is 0. The van der Waals surface area contributed by atoms with Gasteiger partial charge in [0.25, 0.3) is 0 Å². The van der Waals surface area contributed by atoms with Crippen molar-refractivity contribution in [3.8, 4) is 0 Å². The van der Waals surface area contributed by atoms with Crippen molar-refractivity contribution in [3.63, 3.8) is 0 Å². The lowest BCUT2D eigenvalue weighted by atomic mass is 10.2. The van der Waals surface area contributed by atoms with Crippen molar-refractivity contribution >= 4 is 26.5 Å². The molecular weight excluding hydrogens is 326 g/mol. The van der Waals surface area contributed by atoms with Gasteiger partial charge in [-0.15, -0.1) is 0 Å². The van der Waals surface area contributed by atoms with E-state index in [1.165, 1.54) is 34.1 Å². The Morgan fingerprint density at radius 1 is 0.542 bits per heavy atom. The van der Waals surface area contributed by atoms with Crippen LogP contribution < -0.4 is 10.6 Å². The van der Waals surface area contributed by atoms with E-state index in [0.29, 0.717) is 0 Å². The molecule has 0 bridgehead atoms. The van der Waals surface area contributed by atoms with E-state index in [0.717, 1.165) is 0 Å². The minimum Gasteiger partial charge on any atom is -0.0740 e. The summed E-state index contributed by atoms with van der Waals surface area (Å²) < 4.78 is 0. The molecule has 0 N–H and O–H groups in total. The van der Waals surface area contributed by atoms with Gasteiger partial charge in [0.05, 0.1) is 0 Å². The zero-order valence-corrected chi connectivity index (χ0v) is 16.2. The Labute approximate surface area is 148 Å². The predicted octanol–water partition coefficient (Wildman–Crippen LogP) is 5.56. The van der Waals surface area contributed by atoms with Crippen LogP contribution in [0.2, 0.25) is 0 Å². The summed E-state index contributed by atoms with van der Waals surface area (Å²) in [5.41, 5.74) is 2.95. The highest BCUT2D eigenvalue weighted by molar-refractivity contribution is 7.64. The van der Waals surface area contributed by atoms with E-state index in [4.69, 9.17) is 0 Å². The van der Waals surface area contributed by atoms with Gasteiger partial charge in [-0.3, -0.25) is 0 Å². The van der Waals surface area contributed by atoms with Crippen molar-refractivity contribution in [1.82, 2.24) is 0 Å². The zero-order valence-electron chi connectivity index (χ0n) is 14.4. The minimum atomic E-state index is -0.123. The largest absolute Gasteiger partial charge is 0.0740 e. The van der Waals surface area contributed by atoms with E-state index in [1.807, 2.05) is 0 Å². The van der Waals surface area contributed by atoms with Crippen LogP contribution in [0.15, 0.2) is 84.9 Å². The van der Waals surface area contributed by atoms with Gasteiger partial charge in [0.15, 0.2) is 0 Å². The monoisotopic (exact) mass is 350 g/mol. The van der Waals surface area contributed by atoms with E-state index in [1.54, 1.807) is 0 Å². The molecule has 0 saturated heterocycles. The standard InChI is InChI=1S/C22H24P2/c1-23(21-12-5-3-6-13-21)17-19-10-9-11-20(16-19)18-24(2)22-14-7-4-8-15-22/h3-16H,17-18H2,1-2H3. The molecule has 0 amide bonds. The molecule has 2 heteroatoms. The maximum Gasteiger partial charge on any atom is -0.00352 e. The molecule has 3 rings (SSSR count). The lowest BCUT2D eigenvalue weighted by Gasteiger charge is -2.15. The first kappa shape index (κ1) is 17.3. The fourth-order valence-corrected chi connectivity index (χ4v) is 6.14. The fraction of sp³-hybridized carbons (Fsp3) is 0.182. The van der Waals surface area contributed by atoms with Crippen LogP contribution in [0, 0.1) is 0 Å². The summed E-state index contributed by atoms with van der Waals surface area (Å²) in [4.78, 5) is 0. The van der Waals surface area contributed by atoms with E-state index in [2.05, 4.69) is 98.3 Å². The van der Waals surface area contributed by atoms with Crippen LogP contribution in [0.25, 0.3) is 0 Å². The van der Waals surface area contributed by atoms with Crippen LogP contribution in [-0.2, 0) is 12.3 Å². The minimum absolute atomic E-state index is 0.123. The van der Waals surface area contributed by atoms with Crippen molar-refractivity contribution < 1.29 is 0 Å². The summed E-state index contributed by atoms with van der Waals surface area (Å²) in [6, 6.07) is 31.0. The third kappa shape index (κ3) is 4.76. The summed E-state index contributed by atoms with van der Waals surface area (Å²) in [7, 11) is -0.246. The van der Waals surface area contributed by atoms with Crippen molar-refractivity contribution in [2.45, 2.75) is 12.3 Å². The molecule has 0 radical (unpaired) electrons. The molecule has 2 atom stereocenters. The number of benzene rings is 3. The van der Waals surface area contributed by atoms with Gasteiger partial charge < -0.3 is 0 Å². The van der Waals surface area contributed by atoms with Crippen molar-refractivity contribution in [3.05, 3.63) is 96.1 Å². The van der Waals surface area contributed by atoms with Gasteiger partial charge in [0, 0.05) is 0 Å². The average Bonchev–Trinajstić information content (AvgIpc) is 2.63. The second-order valence-electron chi connectivity index (χ2n) is 6.20. The van der Waals surface area contributed by atoms with E-state index in [9.17, 15) is 0 Å². The molecule has 0 aromatic heterocycles. The van der Waals surface area contributed by atoms with Crippen LogP contribution in [0.4, 0.5) is 0 Å². The molecule has 0 aliphatic rings. The summed E-state index contributed by atoms with van der Waals surface area (Å²) in [5, 5.41) is 2.97. The molecule has 0 aliphatic heterocycles. The van der Waals surface area contributed by atoms with Crippen LogP contribution in [0.5, 0.6) is 0 Å². The Hall–Kier alpha value is -1.48. The highest BCUT2D eigenvalue weighted by Gasteiger charge is 2.08. The number of hydrogen-bond acceptors (Lipinski definition) is 0. The molecule has 0 saturated carbocycles. The van der Waals surface area contributed by atoms with Gasteiger partial charge in [-0.1, -0.05) is 101 Å². The Kier molecular flexibility index (Phi) is 6.19. The molecule has 3 aromatic carbocycles. The molecule has 0 spiro atoms. The lowest BCUT2D eigenvalue weighted by molar-refractivity contribution is 1.32. The van der Waals surface area contributed by atoms with Crippen molar-refractivity contribution in [1.29, 1.82) is 0 Å². The van der Waals surface area contributed by atoms with Gasteiger partial charge in [-0.05, 0) is 47.4 Å². The Morgan fingerprint density at radius 3 is 1.38 bits per heavy atom. The lowest BCUT2D eigenvalue weighted by Crippen LogP contribution is -2.02. The van der Waals surface area contributed by atoms with E-state index >= 15 is 0 Å². The van der Waals surface area contributed by atoms with Crippen LogP contribution in [0.3, 0.4) is 0 Å². The average molecular weight is 350 g/mol. The summed E-state index contributed by atoms with van der Waals surface area (Å²) in [6.07, 6.45) is 2.33. The summed E-state index contributed by atoms with van der Waals surface area (Å²) in [5.74, 6) is 0. The smallest absolute Gasteiger partial charge is 0.00352 e. The third-order valence-electron chi connectivity index (χ3n) is 4.22. The van der Waals surface area contributed by atoms with Crippen LogP contribution in [-0.4, -0.2) is 13.3 Å². The van der Waals surface area contributed by atoms with Gasteiger partial charge in [-0.25, -0.2) is 0 Å². The summed E-state index contributed by atoms with van der Waals surface area (Å²) in [6.45, 7) is 4.77.